The lowest BCUT2D eigenvalue weighted by molar-refractivity contribution is 0.313. The summed E-state index contributed by atoms with van der Waals surface area (Å²) in [5.74, 6) is 3.27. The fourth-order valence-electron chi connectivity index (χ4n) is 3.83. The van der Waals surface area contributed by atoms with Crippen molar-refractivity contribution in [2.24, 2.45) is 0 Å². The van der Waals surface area contributed by atoms with Gasteiger partial charge in [0.05, 0.1) is 13.2 Å². The Bertz CT molecular complexity index is 722. The van der Waals surface area contributed by atoms with Gasteiger partial charge in [0.15, 0.2) is 0 Å². The summed E-state index contributed by atoms with van der Waals surface area (Å²) in [5, 5.41) is 12.4. The van der Waals surface area contributed by atoms with E-state index in [0.717, 1.165) is 56.4 Å². The monoisotopic (exact) mass is 312 g/mol. The molecule has 5 nitrogen and oxygen atoms in total. The predicted molar refractivity (Wildman–Crippen MR) is 88.6 cm³/mol. The van der Waals surface area contributed by atoms with Crippen molar-refractivity contribution in [3.8, 4) is 5.75 Å². The highest BCUT2D eigenvalue weighted by Crippen LogP contribution is 2.35. The van der Waals surface area contributed by atoms with Gasteiger partial charge in [0.2, 0.25) is 0 Å². The SMILES string of the molecule is Cc1cc(C)c2c(c1)[C@@H](NCc1nnc3n1CCC3)CCCO2. The average molecular weight is 312 g/mol. The summed E-state index contributed by atoms with van der Waals surface area (Å²) in [6.07, 6.45) is 4.42. The number of nitrogens with one attached hydrogen (secondary N) is 1. The Balaban J connectivity index is 1.57. The van der Waals surface area contributed by atoms with Gasteiger partial charge < -0.3 is 14.6 Å². The molecule has 1 N–H and O–H groups in total. The van der Waals surface area contributed by atoms with Crippen molar-refractivity contribution < 1.29 is 4.74 Å². The highest BCUT2D eigenvalue weighted by atomic mass is 16.5. The molecule has 0 aliphatic carbocycles. The van der Waals surface area contributed by atoms with Crippen LogP contribution in [-0.4, -0.2) is 21.4 Å². The fourth-order valence-corrected chi connectivity index (χ4v) is 3.83. The summed E-state index contributed by atoms with van der Waals surface area (Å²) >= 11 is 0. The maximum absolute atomic E-state index is 6.00. The molecule has 0 unspecified atom stereocenters. The summed E-state index contributed by atoms with van der Waals surface area (Å²) in [7, 11) is 0. The number of ether oxygens (including phenoxy) is 1. The molecule has 2 aromatic rings. The zero-order valence-corrected chi connectivity index (χ0v) is 13.9. The normalized spacial score (nSPS) is 19.8. The van der Waals surface area contributed by atoms with Gasteiger partial charge in [0.25, 0.3) is 0 Å². The Kier molecular flexibility index (Phi) is 3.81. The summed E-state index contributed by atoms with van der Waals surface area (Å²) < 4.78 is 8.27. The number of hydrogen-bond donors (Lipinski definition) is 1. The molecule has 1 aromatic heterocycles. The number of aryl methyl sites for hydroxylation is 3. The van der Waals surface area contributed by atoms with Gasteiger partial charge in [-0.2, -0.15) is 0 Å². The van der Waals surface area contributed by atoms with E-state index in [9.17, 15) is 0 Å². The Morgan fingerprint density at radius 3 is 3.09 bits per heavy atom. The third-order valence-electron chi connectivity index (χ3n) is 4.90. The van der Waals surface area contributed by atoms with Gasteiger partial charge in [0.1, 0.15) is 17.4 Å². The third-order valence-corrected chi connectivity index (χ3v) is 4.90. The Hall–Kier alpha value is -1.88. The van der Waals surface area contributed by atoms with Gasteiger partial charge in [-0.05, 0) is 38.7 Å². The fraction of sp³-hybridized carbons (Fsp3) is 0.556. The zero-order valence-electron chi connectivity index (χ0n) is 13.9. The van der Waals surface area contributed by atoms with Crippen molar-refractivity contribution in [2.45, 2.75) is 58.7 Å². The van der Waals surface area contributed by atoms with Crippen molar-refractivity contribution in [2.75, 3.05) is 6.61 Å². The van der Waals surface area contributed by atoms with Crippen molar-refractivity contribution in [3.63, 3.8) is 0 Å². The minimum atomic E-state index is 0.320. The summed E-state index contributed by atoms with van der Waals surface area (Å²) in [6.45, 7) is 6.92. The second-order valence-electron chi connectivity index (χ2n) is 6.71. The standard InChI is InChI=1S/C18H24N4O/c1-12-9-13(2)18-14(10-12)15(5-4-8-23-18)19-11-17-21-20-16-6-3-7-22(16)17/h9-10,15,19H,3-8,11H2,1-2H3/t15-/m0/s1. The number of aromatic nitrogens is 3. The molecular weight excluding hydrogens is 288 g/mol. The molecule has 2 aliphatic heterocycles. The van der Waals surface area contributed by atoms with Gasteiger partial charge in [-0.25, -0.2) is 0 Å². The Morgan fingerprint density at radius 1 is 1.26 bits per heavy atom. The molecule has 4 rings (SSSR count). The lowest BCUT2D eigenvalue weighted by atomic mass is 9.97. The number of benzene rings is 1. The van der Waals surface area contributed by atoms with Gasteiger partial charge >= 0.3 is 0 Å². The van der Waals surface area contributed by atoms with E-state index in [-0.39, 0.29) is 0 Å². The van der Waals surface area contributed by atoms with E-state index in [1.54, 1.807) is 0 Å². The Labute approximate surface area is 137 Å². The predicted octanol–water partition coefficient (Wildman–Crippen LogP) is 2.84. The zero-order chi connectivity index (χ0) is 15.8. The first-order chi connectivity index (χ1) is 11.2. The molecule has 23 heavy (non-hydrogen) atoms. The molecule has 122 valence electrons. The van der Waals surface area contributed by atoms with E-state index in [2.05, 4.69) is 46.1 Å². The molecule has 0 saturated carbocycles. The molecule has 0 amide bonds. The van der Waals surface area contributed by atoms with E-state index in [0.29, 0.717) is 6.04 Å². The highest BCUT2D eigenvalue weighted by Gasteiger charge is 2.23. The van der Waals surface area contributed by atoms with Crippen LogP contribution in [0.4, 0.5) is 0 Å². The van der Waals surface area contributed by atoms with Crippen LogP contribution in [0.25, 0.3) is 0 Å². The van der Waals surface area contributed by atoms with Crippen LogP contribution < -0.4 is 10.1 Å². The first-order valence-corrected chi connectivity index (χ1v) is 8.60. The first-order valence-electron chi connectivity index (χ1n) is 8.60. The minimum Gasteiger partial charge on any atom is -0.493 e. The highest BCUT2D eigenvalue weighted by molar-refractivity contribution is 5.46. The summed E-state index contributed by atoms with van der Waals surface area (Å²) in [6, 6.07) is 4.78. The van der Waals surface area contributed by atoms with Gasteiger partial charge in [-0.15, -0.1) is 10.2 Å². The van der Waals surface area contributed by atoms with E-state index < -0.39 is 0 Å². The van der Waals surface area contributed by atoms with Crippen LogP contribution >= 0.6 is 0 Å². The van der Waals surface area contributed by atoms with E-state index in [4.69, 9.17) is 4.74 Å². The first kappa shape index (κ1) is 14.7. The van der Waals surface area contributed by atoms with Gasteiger partial charge in [-0.1, -0.05) is 17.7 Å². The molecule has 2 aliphatic rings. The van der Waals surface area contributed by atoms with Crippen LogP contribution in [0.2, 0.25) is 0 Å². The second-order valence-corrected chi connectivity index (χ2v) is 6.71. The average Bonchev–Trinajstić information content (AvgIpc) is 3.06. The number of fused-ring (bicyclic) bond motifs is 2. The second kappa shape index (κ2) is 5.96. The number of nitrogens with zero attached hydrogens (tertiary/aromatic N) is 3. The molecule has 0 fully saturated rings. The number of rotatable bonds is 3. The van der Waals surface area contributed by atoms with Crippen LogP contribution in [0.15, 0.2) is 12.1 Å². The lowest BCUT2D eigenvalue weighted by Crippen LogP contribution is -2.23. The molecule has 0 spiro atoms. The largest absolute Gasteiger partial charge is 0.493 e. The van der Waals surface area contributed by atoms with Gasteiger partial charge in [0, 0.05) is 24.6 Å². The molecule has 0 saturated heterocycles. The van der Waals surface area contributed by atoms with E-state index in [1.807, 2.05) is 0 Å². The summed E-state index contributed by atoms with van der Waals surface area (Å²) in [5.41, 5.74) is 3.82. The smallest absolute Gasteiger partial charge is 0.147 e. The van der Waals surface area contributed by atoms with Crippen LogP contribution in [0.5, 0.6) is 5.75 Å². The molecule has 5 heteroatoms. The maximum atomic E-state index is 6.00. The topological polar surface area (TPSA) is 52.0 Å². The van der Waals surface area contributed by atoms with Crippen molar-refractivity contribution >= 4 is 0 Å². The molecule has 3 heterocycles. The summed E-state index contributed by atoms with van der Waals surface area (Å²) in [4.78, 5) is 0. The molecule has 1 atom stereocenters. The van der Waals surface area contributed by atoms with Crippen LogP contribution in [0.1, 0.15) is 53.6 Å². The van der Waals surface area contributed by atoms with Crippen molar-refractivity contribution in [1.29, 1.82) is 0 Å². The third kappa shape index (κ3) is 2.74. The maximum Gasteiger partial charge on any atom is 0.147 e. The molecule has 1 aromatic carbocycles. The molecule has 0 bridgehead atoms. The molecular formula is C18H24N4O. The van der Waals surface area contributed by atoms with Crippen LogP contribution in [0.3, 0.4) is 0 Å². The van der Waals surface area contributed by atoms with E-state index >= 15 is 0 Å². The van der Waals surface area contributed by atoms with Crippen LogP contribution in [-0.2, 0) is 19.5 Å². The quantitative estimate of drug-likeness (QED) is 0.947. The lowest BCUT2D eigenvalue weighted by Gasteiger charge is -2.20. The van der Waals surface area contributed by atoms with Crippen LogP contribution in [0, 0.1) is 13.8 Å². The minimum absolute atomic E-state index is 0.320. The van der Waals surface area contributed by atoms with Crippen molar-refractivity contribution in [3.05, 3.63) is 40.5 Å². The van der Waals surface area contributed by atoms with E-state index in [1.165, 1.54) is 23.1 Å². The van der Waals surface area contributed by atoms with Gasteiger partial charge in [-0.3, -0.25) is 0 Å². The number of hydrogen-bond acceptors (Lipinski definition) is 4. The Morgan fingerprint density at radius 2 is 2.17 bits per heavy atom. The molecule has 0 radical (unpaired) electrons. The van der Waals surface area contributed by atoms with Crippen molar-refractivity contribution in [1.82, 2.24) is 20.1 Å².